The quantitative estimate of drug-likeness (QED) is 0.504. The lowest BCUT2D eigenvalue weighted by atomic mass is 10.1. The number of carbonyl (C=O) groups is 2. The summed E-state index contributed by atoms with van der Waals surface area (Å²) in [6, 6.07) is 18.5. The molecule has 32 heavy (non-hydrogen) atoms. The van der Waals surface area contributed by atoms with E-state index in [-0.39, 0.29) is 18.2 Å². The van der Waals surface area contributed by atoms with Crippen molar-refractivity contribution in [3.8, 4) is 0 Å². The van der Waals surface area contributed by atoms with E-state index < -0.39 is 6.04 Å². The Morgan fingerprint density at radius 3 is 2.69 bits per heavy atom. The molecule has 0 spiro atoms. The third kappa shape index (κ3) is 3.51. The Morgan fingerprint density at radius 1 is 1.06 bits per heavy atom. The van der Waals surface area contributed by atoms with Gasteiger partial charge in [-0.15, -0.1) is 0 Å². The van der Waals surface area contributed by atoms with Gasteiger partial charge in [0.1, 0.15) is 6.04 Å². The largest absolute Gasteiger partial charge is 0.326 e. The maximum atomic E-state index is 13.4. The summed E-state index contributed by atoms with van der Waals surface area (Å²) >= 11 is 0. The first-order chi connectivity index (χ1) is 15.7. The van der Waals surface area contributed by atoms with Gasteiger partial charge >= 0.3 is 0 Å². The molecule has 1 N–H and O–H groups in total. The molecule has 7 nitrogen and oxygen atoms in total. The number of fused-ring (bicyclic) bond motifs is 3. The molecule has 1 aliphatic heterocycles. The molecule has 160 valence electrons. The molecule has 5 rings (SSSR count). The van der Waals surface area contributed by atoms with Gasteiger partial charge in [0, 0.05) is 18.1 Å². The summed E-state index contributed by atoms with van der Waals surface area (Å²) in [6.45, 7) is 2.40. The number of aryl methyl sites for hydroxylation is 1. The number of para-hydroxylation sites is 3. The smallest absolute Gasteiger partial charge is 0.253 e. The lowest BCUT2D eigenvalue weighted by Gasteiger charge is -2.16. The number of hydrogen-bond acceptors (Lipinski definition) is 4. The molecule has 7 heteroatoms. The summed E-state index contributed by atoms with van der Waals surface area (Å²) < 4.78 is 1.89. The molecule has 2 amide bonds. The van der Waals surface area contributed by atoms with E-state index in [1.54, 1.807) is 17.3 Å². The zero-order chi connectivity index (χ0) is 22.1. The third-order valence-electron chi connectivity index (χ3n) is 5.80. The number of benzene rings is 2. The Hall–Kier alpha value is -4.00. The molecule has 1 unspecified atom stereocenters. The highest BCUT2D eigenvalue weighted by Gasteiger charge is 2.40. The fourth-order valence-electron chi connectivity index (χ4n) is 4.25. The second kappa shape index (κ2) is 8.26. The van der Waals surface area contributed by atoms with Crippen molar-refractivity contribution in [1.29, 1.82) is 0 Å². The summed E-state index contributed by atoms with van der Waals surface area (Å²) in [5, 5.41) is 2.99. The first kappa shape index (κ1) is 19.9. The van der Waals surface area contributed by atoms with Gasteiger partial charge in [-0.2, -0.15) is 0 Å². The average molecular weight is 425 g/mol. The van der Waals surface area contributed by atoms with Crippen LogP contribution in [0.3, 0.4) is 0 Å². The zero-order valence-electron chi connectivity index (χ0n) is 17.7. The van der Waals surface area contributed by atoms with Crippen molar-refractivity contribution in [2.75, 3.05) is 10.2 Å². The third-order valence-corrected chi connectivity index (χ3v) is 5.80. The standard InChI is InChI=1S/C25H23N5O2/c1-2-18-9-3-4-10-19(18)27-23(31)14-22-24(32)29(16-17-8-7-13-26-15-17)25-28-20-11-5-6-12-21(20)30(22)25/h3-13,15,22H,2,14,16H2,1H3,(H,27,31). The van der Waals surface area contributed by atoms with Gasteiger partial charge in [-0.25, -0.2) is 4.98 Å². The molecular weight excluding hydrogens is 402 g/mol. The Labute approximate surface area is 185 Å². The van der Waals surface area contributed by atoms with Crippen LogP contribution in [0.25, 0.3) is 11.0 Å². The van der Waals surface area contributed by atoms with Gasteiger partial charge in [0.2, 0.25) is 11.9 Å². The van der Waals surface area contributed by atoms with E-state index in [9.17, 15) is 9.59 Å². The topological polar surface area (TPSA) is 80.1 Å². The van der Waals surface area contributed by atoms with Crippen LogP contribution in [0.5, 0.6) is 0 Å². The van der Waals surface area contributed by atoms with Crippen molar-refractivity contribution in [2.24, 2.45) is 0 Å². The van der Waals surface area contributed by atoms with E-state index >= 15 is 0 Å². The number of aromatic nitrogens is 3. The molecule has 3 heterocycles. The van der Waals surface area contributed by atoms with Gasteiger partial charge in [-0.05, 0) is 41.8 Å². The Bertz CT molecular complexity index is 1300. The van der Waals surface area contributed by atoms with E-state index in [1.807, 2.05) is 72.2 Å². The average Bonchev–Trinajstić information content (AvgIpc) is 3.31. The van der Waals surface area contributed by atoms with Gasteiger partial charge in [0.05, 0.1) is 24.0 Å². The molecule has 1 aliphatic rings. The van der Waals surface area contributed by atoms with E-state index in [2.05, 4.69) is 10.3 Å². The number of pyridine rings is 1. The Balaban J connectivity index is 1.47. The molecule has 4 aromatic rings. The molecule has 2 aromatic heterocycles. The predicted octanol–water partition coefficient (Wildman–Crippen LogP) is 4.11. The number of rotatable bonds is 6. The number of nitrogens with one attached hydrogen (secondary N) is 1. The summed E-state index contributed by atoms with van der Waals surface area (Å²) in [5.74, 6) is 0.226. The number of hydrogen-bond donors (Lipinski definition) is 1. The van der Waals surface area contributed by atoms with Gasteiger partial charge in [-0.1, -0.05) is 43.3 Å². The van der Waals surface area contributed by atoms with Gasteiger partial charge in [-0.3, -0.25) is 24.0 Å². The number of imidazole rings is 1. The molecule has 0 saturated carbocycles. The van der Waals surface area contributed by atoms with Crippen molar-refractivity contribution >= 4 is 34.5 Å². The lowest BCUT2D eigenvalue weighted by Crippen LogP contribution is -2.31. The maximum absolute atomic E-state index is 13.4. The minimum absolute atomic E-state index is 0.0355. The molecule has 0 radical (unpaired) electrons. The van der Waals surface area contributed by atoms with Crippen molar-refractivity contribution in [3.05, 3.63) is 84.2 Å². The lowest BCUT2D eigenvalue weighted by molar-refractivity contribution is -0.124. The SMILES string of the molecule is CCc1ccccc1NC(=O)CC1C(=O)N(Cc2cccnc2)c2nc3ccccc3n21. The minimum atomic E-state index is -0.650. The van der Waals surface area contributed by atoms with Crippen molar-refractivity contribution < 1.29 is 9.59 Å². The molecule has 0 bridgehead atoms. The summed E-state index contributed by atoms with van der Waals surface area (Å²) in [7, 11) is 0. The zero-order valence-corrected chi connectivity index (χ0v) is 17.7. The molecule has 1 atom stereocenters. The first-order valence-corrected chi connectivity index (χ1v) is 10.7. The summed E-state index contributed by atoms with van der Waals surface area (Å²) in [5.41, 5.74) is 4.39. The maximum Gasteiger partial charge on any atom is 0.253 e. The van der Waals surface area contributed by atoms with Crippen LogP contribution in [-0.4, -0.2) is 26.3 Å². The van der Waals surface area contributed by atoms with Crippen LogP contribution in [0.15, 0.2) is 73.1 Å². The summed E-state index contributed by atoms with van der Waals surface area (Å²) in [4.78, 5) is 36.9. The van der Waals surface area contributed by atoms with Crippen LogP contribution in [0.4, 0.5) is 11.6 Å². The van der Waals surface area contributed by atoms with Crippen molar-refractivity contribution in [3.63, 3.8) is 0 Å². The number of nitrogens with zero attached hydrogens (tertiary/aromatic N) is 4. The van der Waals surface area contributed by atoms with Gasteiger partial charge in [0.25, 0.3) is 5.91 Å². The van der Waals surface area contributed by atoms with Crippen molar-refractivity contribution in [1.82, 2.24) is 14.5 Å². The van der Waals surface area contributed by atoms with Crippen LogP contribution in [0, 0.1) is 0 Å². The molecule has 0 fully saturated rings. The fraction of sp³-hybridized carbons (Fsp3) is 0.200. The van der Waals surface area contributed by atoms with Crippen LogP contribution in [0.1, 0.15) is 30.5 Å². The molecule has 0 saturated heterocycles. The highest BCUT2D eigenvalue weighted by molar-refractivity contribution is 6.05. The second-order valence-electron chi connectivity index (χ2n) is 7.83. The number of amides is 2. The van der Waals surface area contributed by atoms with Crippen molar-refractivity contribution in [2.45, 2.75) is 32.4 Å². The summed E-state index contributed by atoms with van der Waals surface area (Å²) in [6.07, 6.45) is 4.29. The highest BCUT2D eigenvalue weighted by Crippen LogP contribution is 2.37. The molecule has 2 aromatic carbocycles. The normalized spacial score (nSPS) is 15.2. The number of carbonyl (C=O) groups excluding carboxylic acids is 2. The highest BCUT2D eigenvalue weighted by atomic mass is 16.2. The van der Waals surface area contributed by atoms with Gasteiger partial charge in [0.15, 0.2) is 0 Å². The molecule has 0 aliphatic carbocycles. The van der Waals surface area contributed by atoms with E-state index in [1.165, 1.54) is 0 Å². The van der Waals surface area contributed by atoms with E-state index in [0.29, 0.717) is 12.5 Å². The van der Waals surface area contributed by atoms with Crippen LogP contribution >= 0.6 is 0 Å². The Kier molecular flexibility index (Phi) is 5.15. The Morgan fingerprint density at radius 2 is 1.88 bits per heavy atom. The number of anilines is 2. The molecular formula is C25H23N5O2. The van der Waals surface area contributed by atoms with Gasteiger partial charge < -0.3 is 5.32 Å². The van der Waals surface area contributed by atoms with E-state index in [0.717, 1.165) is 34.3 Å². The van der Waals surface area contributed by atoms with Crippen LogP contribution in [0.2, 0.25) is 0 Å². The fourth-order valence-corrected chi connectivity index (χ4v) is 4.25. The monoisotopic (exact) mass is 425 g/mol. The second-order valence-corrected chi connectivity index (χ2v) is 7.83. The van der Waals surface area contributed by atoms with Crippen LogP contribution in [-0.2, 0) is 22.6 Å². The van der Waals surface area contributed by atoms with Crippen LogP contribution < -0.4 is 10.2 Å². The predicted molar refractivity (Wildman–Crippen MR) is 123 cm³/mol. The van der Waals surface area contributed by atoms with E-state index in [4.69, 9.17) is 4.98 Å². The first-order valence-electron chi connectivity index (χ1n) is 10.7. The minimum Gasteiger partial charge on any atom is -0.326 e.